The highest BCUT2D eigenvalue weighted by atomic mass is 16.6. The third-order valence-corrected chi connectivity index (χ3v) is 0. The van der Waals surface area contributed by atoms with E-state index in [4.69, 9.17) is 15.3 Å². The zero-order valence-corrected chi connectivity index (χ0v) is 4.63. The normalized spacial score (nSPS) is 5.50. The lowest BCUT2D eigenvalue weighted by atomic mass is 11.3. The first-order valence-corrected chi connectivity index (χ1v) is 1.71. The molecule has 0 atom stereocenters. The molecular formula is C5H9O3-3. The molecule has 0 spiro atoms. The van der Waals surface area contributed by atoms with Gasteiger partial charge in [0, 0.05) is 0 Å². The lowest BCUT2D eigenvalue weighted by Gasteiger charge is -2.36. The number of hydrogen-bond acceptors (Lipinski definition) is 3. The molecule has 0 saturated heterocycles. The van der Waals surface area contributed by atoms with Crippen molar-refractivity contribution in [3.8, 4) is 0 Å². The Morgan fingerprint density at radius 3 is 0.750 bits per heavy atom. The van der Waals surface area contributed by atoms with Crippen LogP contribution in [0.3, 0.4) is 0 Å². The monoisotopic (exact) mass is 117 g/mol. The predicted octanol–water partition coefficient (Wildman–Crippen LogP) is -2.04. The van der Waals surface area contributed by atoms with Crippen LogP contribution >= 0.6 is 0 Å². The van der Waals surface area contributed by atoms with Gasteiger partial charge < -0.3 is 21.8 Å². The average Bonchev–Trinajstić information content (AvgIpc) is 1.75. The second-order valence-electron chi connectivity index (χ2n) is 0.289. The van der Waals surface area contributed by atoms with Gasteiger partial charge in [-0.2, -0.15) is 0 Å². The molecule has 0 aliphatic rings. The molecule has 0 amide bonds. The number of rotatable bonds is 0. The molecule has 0 aromatic rings. The van der Waals surface area contributed by atoms with E-state index in [1.165, 1.54) is 0 Å². The Bertz CT molecular complexity index is 24.1. The van der Waals surface area contributed by atoms with Gasteiger partial charge in [-0.05, 0) is 0 Å². The minimum atomic E-state index is -2.92. The molecule has 0 aromatic heterocycles. The summed E-state index contributed by atoms with van der Waals surface area (Å²) in [6.45, 7) is 9.08. The van der Waals surface area contributed by atoms with Crippen LogP contribution in [0.25, 0.3) is 0 Å². The predicted molar refractivity (Wildman–Crippen MR) is 26.3 cm³/mol. The first-order chi connectivity index (χ1) is 3.73. The minimum Gasteiger partial charge on any atom is -0.879 e. The van der Waals surface area contributed by atoms with E-state index in [2.05, 4.69) is 26.3 Å². The topological polar surface area (TPSA) is 69.2 Å². The summed E-state index contributed by atoms with van der Waals surface area (Å²) < 4.78 is 0. The van der Waals surface area contributed by atoms with Crippen LogP contribution in [-0.2, 0) is 0 Å². The molecule has 0 bridgehead atoms. The van der Waals surface area contributed by atoms with Gasteiger partial charge in [-0.3, -0.25) is 0 Å². The molecule has 0 rings (SSSR count). The lowest BCUT2D eigenvalue weighted by Crippen LogP contribution is -2.50. The standard InChI is InChI=1S/2C2H4.CHO3/c2*1-2;2-1(3)4/h2*1-2H2;1H/q;;-3. The van der Waals surface area contributed by atoms with Crippen molar-refractivity contribution in [2.24, 2.45) is 0 Å². The fraction of sp³-hybridized carbons (Fsp3) is 0.200. The van der Waals surface area contributed by atoms with Crippen molar-refractivity contribution in [1.29, 1.82) is 0 Å². The molecule has 0 N–H and O–H groups in total. The van der Waals surface area contributed by atoms with Crippen molar-refractivity contribution in [2.45, 2.75) is 6.48 Å². The van der Waals surface area contributed by atoms with Crippen LogP contribution in [-0.4, -0.2) is 6.48 Å². The summed E-state index contributed by atoms with van der Waals surface area (Å²) in [5, 5.41) is 25.2. The fourth-order valence-electron chi connectivity index (χ4n) is 0. The summed E-state index contributed by atoms with van der Waals surface area (Å²) in [5.74, 6) is 0. The SMILES string of the molecule is C=C.C=C.[O-]C([O-])[O-]. The van der Waals surface area contributed by atoms with Gasteiger partial charge in [-0.1, -0.05) is 0 Å². The first-order valence-electron chi connectivity index (χ1n) is 1.71. The molecule has 0 fully saturated rings. The summed E-state index contributed by atoms with van der Waals surface area (Å²) >= 11 is 0. The average molecular weight is 117 g/mol. The molecule has 50 valence electrons. The Balaban J connectivity index is -0.0000000542. The van der Waals surface area contributed by atoms with Crippen molar-refractivity contribution in [3.63, 3.8) is 0 Å². The van der Waals surface area contributed by atoms with Gasteiger partial charge in [-0.25, -0.2) is 0 Å². The Kier molecular flexibility index (Phi) is 64.2. The molecule has 0 unspecified atom stereocenters. The maximum absolute atomic E-state index is 8.42. The highest BCUT2D eigenvalue weighted by Crippen LogP contribution is 1.10. The Morgan fingerprint density at radius 2 is 0.750 bits per heavy atom. The van der Waals surface area contributed by atoms with Gasteiger partial charge >= 0.3 is 0 Å². The molecular weight excluding hydrogens is 108 g/mol. The lowest BCUT2D eigenvalue weighted by molar-refractivity contribution is -0.838. The zero-order chi connectivity index (χ0) is 7.58. The molecule has 0 saturated carbocycles. The molecule has 3 heteroatoms. The maximum Gasteiger partial charge on any atom is -0.106 e. The van der Waals surface area contributed by atoms with E-state index in [-0.39, 0.29) is 0 Å². The molecule has 0 aromatic carbocycles. The Labute approximate surface area is 49.2 Å². The smallest absolute Gasteiger partial charge is 0.106 e. The second-order valence-corrected chi connectivity index (χ2v) is 0.289. The summed E-state index contributed by atoms with van der Waals surface area (Å²) in [4.78, 5) is 0. The van der Waals surface area contributed by atoms with Crippen LogP contribution in [0.5, 0.6) is 0 Å². The van der Waals surface area contributed by atoms with Crippen molar-refractivity contribution in [3.05, 3.63) is 26.3 Å². The second kappa shape index (κ2) is 32.8. The van der Waals surface area contributed by atoms with E-state index in [9.17, 15) is 0 Å². The van der Waals surface area contributed by atoms with Crippen molar-refractivity contribution < 1.29 is 15.3 Å². The van der Waals surface area contributed by atoms with Crippen molar-refractivity contribution in [1.82, 2.24) is 0 Å². The summed E-state index contributed by atoms with van der Waals surface area (Å²) in [6, 6.07) is 0. The molecule has 3 nitrogen and oxygen atoms in total. The van der Waals surface area contributed by atoms with E-state index in [0.717, 1.165) is 0 Å². The van der Waals surface area contributed by atoms with E-state index in [1.807, 2.05) is 0 Å². The molecule has 0 radical (unpaired) electrons. The van der Waals surface area contributed by atoms with Gasteiger partial charge in [-0.15, -0.1) is 26.3 Å². The minimum absolute atomic E-state index is 2.92. The van der Waals surface area contributed by atoms with Crippen LogP contribution in [0.1, 0.15) is 0 Å². The summed E-state index contributed by atoms with van der Waals surface area (Å²) in [5.41, 5.74) is 0. The molecule has 8 heavy (non-hydrogen) atoms. The van der Waals surface area contributed by atoms with Crippen molar-refractivity contribution >= 4 is 0 Å². The van der Waals surface area contributed by atoms with Crippen LogP contribution in [0.15, 0.2) is 26.3 Å². The first kappa shape index (κ1) is 15.7. The van der Waals surface area contributed by atoms with Crippen LogP contribution in [0, 0.1) is 0 Å². The third kappa shape index (κ3) is 249. The van der Waals surface area contributed by atoms with E-state index < -0.39 is 6.48 Å². The van der Waals surface area contributed by atoms with Gasteiger partial charge in [0.1, 0.15) is 0 Å². The van der Waals surface area contributed by atoms with Gasteiger partial charge in [0.05, 0.1) is 0 Å². The van der Waals surface area contributed by atoms with Gasteiger partial charge in [0.15, 0.2) is 0 Å². The Morgan fingerprint density at radius 1 is 0.750 bits per heavy atom. The fourth-order valence-corrected chi connectivity index (χ4v) is 0. The molecule has 0 aliphatic heterocycles. The van der Waals surface area contributed by atoms with Gasteiger partial charge in [0.25, 0.3) is 0 Å². The van der Waals surface area contributed by atoms with Gasteiger partial charge in [0.2, 0.25) is 0 Å². The zero-order valence-electron chi connectivity index (χ0n) is 4.63. The van der Waals surface area contributed by atoms with E-state index in [1.54, 1.807) is 0 Å². The van der Waals surface area contributed by atoms with Crippen LogP contribution in [0.4, 0.5) is 0 Å². The van der Waals surface area contributed by atoms with Crippen molar-refractivity contribution in [2.75, 3.05) is 0 Å². The van der Waals surface area contributed by atoms with E-state index in [0.29, 0.717) is 0 Å². The maximum atomic E-state index is 8.42. The summed E-state index contributed by atoms with van der Waals surface area (Å²) in [7, 11) is 0. The summed E-state index contributed by atoms with van der Waals surface area (Å²) in [6.07, 6.45) is 0. The number of hydrogen-bond donors (Lipinski definition) is 0. The molecule has 0 aliphatic carbocycles. The van der Waals surface area contributed by atoms with E-state index >= 15 is 0 Å². The van der Waals surface area contributed by atoms with Crippen LogP contribution in [0.2, 0.25) is 0 Å². The third-order valence-electron chi connectivity index (χ3n) is 0. The van der Waals surface area contributed by atoms with Crippen LogP contribution < -0.4 is 15.3 Å². The largest absolute Gasteiger partial charge is 0.879 e. The highest BCUT2D eigenvalue weighted by Gasteiger charge is 1.15. The quantitative estimate of drug-likeness (QED) is 0.271. The Hall–Kier alpha value is -0.640. The highest BCUT2D eigenvalue weighted by molar-refractivity contribution is 4.22. The molecule has 0 heterocycles.